The molecule has 0 radical (unpaired) electrons. The standard InChI is InChI=1S/C14H31NO/c1-12(2)8-9-14(5)15-10-6-7-11-16-13(3)4/h12-15H,6-11H2,1-5H3. The van der Waals surface area contributed by atoms with Crippen molar-refractivity contribution in [1.29, 1.82) is 0 Å². The molecule has 0 spiro atoms. The molecule has 2 heteroatoms. The van der Waals surface area contributed by atoms with Crippen molar-refractivity contribution >= 4 is 0 Å². The Hall–Kier alpha value is -0.0800. The van der Waals surface area contributed by atoms with Crippen LogP contribution < -0.4 is 5.32 Å². The quantitative estimate of drug-likeness (QED) is 0.578. The summed E-state index contributed by atoms with van der Waals surface area (Å²) in [6, 6.07) is 0.661. The molecule has 0 aliphatic heterocycles. The van der Waals surface area contributed by atoms with Crippen molar-refractivity contribution in [3.63, 3.8) is 0 Å². The maximum absolute atomic E-state index is 5.50. The molecule has 0 aliphatic carbocycles. The van der Waals surface area contributed by atoms with E-state index in [1.54, 1.807) is 0 Å². The molecule has 0 aromatic carbocycles. The van der Waals surface area contributed by atoms with E-state index in [9.17, 15) is 0 Å². The van der Waals surface area contributed by atoms with Gasteiger partial charge < -0.3 is 10.1 Å². The summed E-state index contributed by atoms with van der Waals surface area (Å²) in [5, 5.41) is 3.57. The number of hydrogen-bond acceptors (Lipinski definition) is 2. The third-order valence-electron chi connectivity index (χ3n) is 2.69. The van der Waals surface area contributed by atoms with Gasteiger partial charge >= 0.3 is 0 Å². The van der Waals surface area contributed by atoms with Crippen LogP contribution in [0.5, 0.6) is 0 Å². The van der Waals surface area contributed by atoms with E-state index in [4.69, 9.17) is 4.74 Å². The van der Waals surface area contributed by atoms with Gasteiger partial charge in [-0.1, -0.05) is 13.8 Å². The van der Waals surface area contributed by atoms with Gasteiger partial charge in [-0.15, -0.1) is 0 Å². The zero-order chi connectivity index (χ0) is 12.4. The first kappa shape index (κ1) is 15.9. The van der Waals surface area contributed by atoms with Crippen molar-refractivity contribution in [2.75, 3.05) is 13.2 Å². The highest BCUT2D eigenvalue weighted by molar-refractivity contribution is 4.61. The minimum atomic E-state index is 0.373. The van der Waals surface area contributed by atoms with Crippen molar-refractivity contribution in [3.05, 3.63) is 0 Å². The van der Waals surface area contributed by atoms with E-state index in [1.165, 1.54) is 25.7 Å². The summed E-state index contributed by atoms with van der Waals surface area (Å²) in [7, 11) is 0. The second kappa shape index (κ2) is 10.1. The lowest BCUT2D eigenvalue weighted by atomic mass is 10.0. The molecule has 2 nitrogen and oxygen atoms in total. The van der Waals surface area contributed by atoms with Gasteiger partial charge in [0.2, 0.25) is 0 Å². The topological polar surface area (TPSA) is 21.3 Å². The van der Waals surface area contributed by atoms with Crippen LogP contribution in [0, 0.1) is 5.92 Å². The Bertz CT molecular complexity index is 146. The maximum atomic E-state index is 5.50. The first-order valence-corrected chi connectivity index (χ1v) is 6.87. The fourth-order valence-corrected chi connectivity index (χ4v) is 1.58. The van der Waals surface area contributed by atoms with E-state index < -0.39 is 0 Å². The van der Waals surface area contributed by atoms with E-state index >= 15 is 0 Å². The zero-order valence-electron chi connectivity index (χ0n) is 11.9. The van der Waals surface area contributed by atoms with E-state index in [1.807, 2.05) is 0 Å². The molecule has 98 valence electrons. The van der Waals surface area contributed by atoms with Crippen LogP contribution in [0.2, 0.25) is 0 Å². The molecule has 16 heavy (non-hydrogen) atoms. The molecule has 0 amide bonds. The molecule has 0 aromatic heterocycles. The minimum absolute atomic E-state index is 0.373. The zero-order valence-corrected chi connectivity index (χ0v) is 11.9. The Morgan fingerprint density at radius 2 is 1.62 bits per heavy atom. The van der Waals surface area contributed by atoms with Gasteiger partial charge in [-0.3, -0.25) is 0 Å². The van der Waals surface area contributed by atoms with Crippen LogP contribution in [0.3, 0.4) is 0 Å². The van der Waals surface area contributed by atoms with Crippen LogP contribution in [0.25, 0.3) is 0 Å². The molecule has 0 aromatic rings. The third-order valence-corrected chi connectivity index (χ3v) is 2.69. The molecule has 1 unspecified atom stereocenters. The van der Waals surface area contributed by atoms with Crippen molar-refractivity contribution < 1.29 is 4.74 Å². The van der Waals surface area contributed by atoms with E-state index in [2.05, 4.69) is 39.9 Å². The SMILES string of the molecule is CC(C)CCC(C)NCCCCOC(C)C. The second-order valence-corrected chi connectivity index (χ2v) is 5.45. The van der Waals surface area contributed by atoms with Crippen LogP contribution >= 0.6 is 0 Å². The van der Waals surface area contributed by atoms with Crippen molar-refractivity contribution in [3.8, 4) is 0 Å². The number of rotatable bonds is 10. The fourth-order valence-electron chi connectivity index (χ4n) is 1.58. The molecule has 0 saturated heterocycles. The predicted molar refractivity (Wildman–Crippen MR) is 71.9 cm³/mol. The first-order chi connectivity index (χ1) is 7.52. The molecule has 0 fully saturated rings. The number of hydrogen-bond donors (Lipinski definition) is 1. The number of ether oxygens (including phenoxy) is 1. The molecule has 0 heterocycles. The van der Waals surface area contributed by atoms with Gasteiger partial charge in [0.25, 0.3) is 0 Å². The third kappa shape index (κ3) is 12.0. The van der Waals surface area contributed by atoms with Crippen molar-refractivity contribution in [2.45, 2.75) is 72.4 Å². The van der Waals surface area contributed by atoms with Gasteiger partial charge in [-0.25, -0.2) is 0 Å². The van der Waals surface area contributed by atoms with Crippen molar-refractivity contribution in [2.24, 2.45) is 5.92 Å². The Balaban J connectivity index is 3.18. The summed E-state index contributed by atoms with van der Waals surface area (Å²) in [4.78, 5) is 0. The van der Waals surface area contributed by atoms with Crippen LogP contribution in [-0.2, 0) is 4.74 Å². The molecular formula is C14H31NO. The number of nitrogens with one attached hydrogen (secondary N) is 1. The lowest BCUT2D eigenvalue weighted by Crippen LogP contribution is -2.27. The van der Waals surface area contributed by atoms with E-state index in [-0.39, 0.29) is 0 Å². The average Bonchev–Trinajstić information content (AvgIpc) is 2.19. The van der Waals surface area contributed by atoms with Gasteiger partial charge in [0.15, 0.2) is 0 Å². The molecule has 1 atom stereocenters. The van der Waals surface area contributed by atoms with Gasteiger partial charge in [0.05, 0.1) is 6.10 Å². The van der Waals surface area contributed by atoms with Crippen molar-refractivity contribution in [1.82, 2.24) is 5.32 Å². The largest absolute Gasteiger partial charge is 0.379 e. The molecule has 0 aliphatic rings. The monoisotopic (exact) mass is 229 g/mol. The first-order valence-electron chi connectivity index (χ1n) is 6.87. The molecule has 0 saturated carbocycles. The lowest BCUT2D eigenvalue weighted by Gasteiger charge is -2.15. The second-order valence-electron chi connectivity index (χ2n) is 5.45. The van der Waals surface area contributed by atoms with Gasteiger partial charge in [0.1, 0.15) is 0 Å². The smallest absolute Gasteiger partial charge is 0.0518 e. The van der Waals surface area contributed by atoms with Gasteiger partial charge in [0, 0.05) is 12.6 Å². The molecule has 1 N–H and O–H groups in total. The predicted octanol–water partition coefficient (Wildman–Crippen LogP) is 3.61. The molecule has 0 rings (SSSR count). The summed E-state index contributed by atoms with van der Waals surface area (Å²) in [6.45, 7) is 13.1. The summed E-state index contributed by atoms with van der Waals surface area (Å²) < 4.78 is 5.50. The van der Waals surface area contributed by atoms with Gasteiger partial charge in [-0.05, 0) is 58.9 Å². The summed E-state index contributed by atoms with van der Waals surface area (Å²) in [5.41, 5.74) is 0. The maximum Gasteiger partial charge on any atom is 0.0518 e. The normalized spacial score (nSPS) is 13.7. The van der Waals surface area contributed by atoms with Crippen LogP contribution in [0.4, 0.5) is 0 Å². The number of unbranched alkanes of at least 4 members (excludes halogenated alkanes) is 1. The molecular weight excluding hydrogens is 198 g/mol. The van der Waals surface area contributed by atoms with E-state index in [0.29, 0.717) is 12.1 Å². The lowest BCUT2D eigenvalue weighted by molar-refractivity contribution is 0.0759. The van der Waals surface area contributed by atoms with Crippen LogP contribution in [-0.4, -0.2) is 25.3 Å². The fraction of sp³-hybridized carbons (Fsp3) is 1.00. The van der Waals surface area contributed by atoms with Crippen LogP contribution in [0.1, 0.15) is 60.3 Å². The highest BCUT2D eigenvalue weighted by Crippen LogP contribution is 2.06. The Labute approximate surface area is 102 Å². The summed E-state index contributed by atoms with van der Waals surface area (Å²) in [6.07, 6.45) is 5.38. The Morgan fingerprint density at radius 1 is 0.938 bits per heavy atom. The Kier molecular flexibility index (Phi) is 10.0. The summed E-state index contributed by atoms with van der Waals surface area (Å²) >= 11 is 0. The highest BCUT2D eigenvalue weighted by Gasteiger charge is 2.02. The minimum Gasteiger partial charge on any atom is -0.379 e. The average molecular weight is 229 g/mol. The van der Waals surface area contributed by atoms with Gasteiger partial charge in [-0.2, -0.15) is 0 Å². The Morgan fingerprint density at radius 3 is 2.19 bits per heavy atom. The van der Waals surface area contributed by atoms with Crippen LogP contribution in [0.15, 0.2) is 0 Å². The molecule has 0 bridgehead atoms. The van der Waals surface area contributed by atoms with E-state index in [0.717, 1.165) is 19.1 Å². The summed E-state index contributed by atoms with van der Waals surface area (Å²) in [5.74, 6) is 0.823. The highest BCUT2D eigenvalue weighted by atomic mass is 16.5.